The Morgan fingerprint density at radius 2 is 1.54 bits per heavy atom. The Balaban J connectivity index is 1.91. The van der Waals surface area contributed by atoms with Crippen molar-refractivity contribution in [1.29, 1.82) is 0 Å². The topological polar surface area (TPSA) is 136 Å². The fourth-order valence-corrected chi connectivity index (χ4v) is 6.44. The van der Waals surface area contributed by atoms with Crippen molar-refractivity contribution in [3.05, 3.63) is 0 Å². The monoisotopic (exact) mass is 574 g/mol. The second-order valence-electron chi connectivity index (χ2n) is 9.98. The summed E-state index contributed by atoms with van der Waals surface area (Å²) in [6.07, 6.45) is -7.38. The largest absolute Gasteiger partial charge is 0.468 e. The van der Waals surface area contributed by atoms with E-state index in [1.54, 1.807) is 0 Å². The van der Waals surface area contributed by atoms with Gasteiger partial charge in [0.1, 0.15) is 0 Å². The Labute approximate surface area is 206 Å². The summed E-state index contributed by atoms with van der Waals surface area (Å²) >= 11 is 0. The molecule has 0 spiro atoms. The Morgan fingerprint density at radius 1 is 1.00 bits per heavy atom. The molecule has 0 heterocycles. The molecule has 4 fully saturated rings. The van der Waals surface area contributed by atoms with Crippen molar-refractivity contribution < 1.29 is 72.6 Å². The molecule has 9 nitrogen and oxygen atoms in total. The molecule has 17 heteroatoms. The Bertz CT molecular complexity index is 1020. The van der Waals surface area contributed by atoms with Gasteiger partial charge < -0.3 is 19.3 Å². The molecule has 0 aromatic rings. The zero-order valence-electron chi connectivity index (χ0n) is 19.3. The molecule has 2 N–H and O–H groups in total. The number of ether oxygens (including phenoxy) is 3. The van der Waals surface area contributed by atoms with Crippen LogP contribution >= 0.6 is 0 Å². The second-order valence-corrected chi connectivity index (χ2v) is 11.4. The van der Waals surface area contributed by atoms with Crippen LogP contribution in [-0.4, -0.2) is 72.0 Å². The van der Waals surface area contributed by atoms with Crippen LogP contribution < -0.4 is 0 Å². The van der Waals surface area contributed by atoms with Gasteiger partial charge in [0.25, 0.3) is 0 Å². The number of alkyl halides is 7. The summed E-state index contributed by atoms with van der Waals surface area (Å²) in [4.78, 5) is 25.5. The van der Waals surface area contributed by atoms with Crippen LogP contribution in [0.2, 0.25) is 0 Å². The van der Waals surface area contributed by atoms with Crippen LogP contribution in [-0.2, 0) is 33.9 Å². The maximum atomic E-state index is 14.2. The van der Waals surface area contributed by atoms with Crippen molar-refractivity contribution in [1.82, 2.24) is 0 Å². The van der Waals surface area contributed by atoms with E-state index in [0.29, 0.717) is 19.3 Å². The first kappa shape index (κ1) is 29.8. The minimum atomic E-state index is -6.69. The minimum absolute atomic E-state index is 0.0278. The minimum Gasteiger partial charge on any atom is -0.461 e. The Morgan fingerprint density at radius 3 is 1.97 bits per heavy atom. The molecule has 0 aliphatic heterocycles. The van der Waals surface area contributed by atoms with Crippen molar-refractivity contribution >= 4 is 22.1 Å². The quantitative estimate of drug-likeness (QED) is 0.174. The average Bonchev–Trinajstić information content (AvgIpc) is 2.69. The van der Waals surface area contributed by atoms with Crippen LogP contribution in [0.5, 0.6) is 0 Å². The van der Waals surface area contributed by atoms with E-state index < -0.39 is 75.8 Å². The van der Waals surface area contributed by atoms with Gasteiger partial charge in [0.2, 0.25) is 0 Å². The predicted molar refractivity (Wildman–Crippen MR) is 106 cm³/mol. The van der Waals surface area contributed by atoms with Crippen molar-refractivity contribution in [2.45, 2.75) is 80.6 Å². The van der Waals surface area contributed by atoms with E-state index in [1.165, 1.54) is 0 Å². The Kier molecular flexibility index (Phi) is 7.41. The first-order chi connectivity index (χ1) is 16.6. The molecule has 0 aromatic heterocycles. The second kappa shape index (κ2) is 9.19. The molecular formula is C20H25F7O9S. The van der Waals surface area contributed by atoms with E-state index in [1.807, 2.05) is 0 Å². The van der Waals surface area contributed by atoms with Crippen molar-refractivity contribution in [3.8, 4) is 0 Å². The molecule has 4 aliphatic rings. The van der Waals surface area contributed by atoms with E-state index in [2.05, 4.69) is 14.2 Å². The lowest BCUT2D eigenvalue weighted by Crippen LogP contribution is -2.63. The molecule has 4 aliphatic carbocycles. The number of carbonyl (C=O) groups is 2. The Hall–Kier alpha value is -1.72. The SMILES string of the molecule is CCOC(=O)C(OCCC(F)(F)C(F)(F)S(=O)(=O)O)(OC(=O)C12CC3CC(CC(O)(C3)C1)C2)C(F)(F)F. The molecule has 3 atom stereocenters. The van der Waals surface area contributed by atoms with Gasteiger partial charge in [-0.05, 0) is 57.3 Å². The highest BCUT2D eigenvalue weighted by atomic mass is 32.2. The maximum Gasteiger partial charge on any atom is 0.468 e. The van der Waals surface area contributed by atoms with Crippen molar-refractivity contribution in [2.75, 3.05) is 13.2 Å². The van der Waals surface area contributed by atoms with Crippen LogP contribution in [0.4, 0.5) is 30.7 Å². The summed E-state index contributed by atoms with van der Waals surface area (Å²) in [6, 6.07) is 0. The summed E-state index contributed by atoms with van der Waals surface area (Å²) in [5.41, 5.74) is -2.99. The van der Waals surface area contributed by atoms with Gasteiger partial charge in [-0.1, -0.05) is 0 Å². The highest BCUT2D eigenvalue weighted by Crippen LogP contribution is 2.62. The number of aliphatic hydroxyl groups is 1. The molecule has 37 heavy (non-hydrogen) atoms. The van der Waals surface area contributed by atoms with Gasteiger partial charge in [-0.3, -0.25) is 9.35 Å². The third kappa shape index (κ3) is 5.15. The van der Waals surface area contributed by atoms with Crippen LogP contribution in [0.3, 0.4) is 0 Å². The van der Waals surface area contributed by atoms with E-state index >= 15 is 0 Å². The zero-order chi connectivity index (χ0) is 28.3. The molecule has 0 amide bonds. The normalized spacial score (nSPS) is 31.6. The summed E-state index contributed by atoms with van der Waals surface area (Å²) in [6.45, 7) is -1.73. The third-order valence-electron chi connectivity index (χ3n) is 7.09. The number of halogens is 7. The van der Waals surface area contributed by atoms with Crippen LogP contribution in [0, 0.1) is 17.3 Å². The lowest BCUT2D eigenvalue weighted by molar-refractivity contribution is -0.362. The number of carbonyl (C=O) groups excluding carboxylic acids is 2. The van der Waals surface area contributed by atoms with Gasteiger partial charge in [0.15, 0.2) is 0 Å². The number of hydrogen-bond acceptors (Lipinski definition) is 8. The highest BCUT2D eigenvalue weighted by molar-refractivity contribution is 7.87. The molecule has 0 radical (unpaired) electrons. The predicted octanol–water partition coefficient (Wildman–Crippen LogP) is 3.21. The average molecular weight is 574 g/mol. The molecule has 4 saturated carbocycles. The number of esters is 2. The maximum absolute atomic E-state index is 14.2. The highest BCUT2D eigenvalue weighted by Gasteiger charge is 2.71. The number of hydrogen-bond donors (Lipinski definition) is 2. The lowest BCUT2D eigenvalue weighted by atomic mass is 9.48. The van der Waals surface area contributed by atoms with Gasteiger partial charge in [-0.25, -0.2) is 4.79 Å². The molecule has 4 bridgehead atoms. The van der Waals surface area contributed by atoms with Gasteiger partial charge in [0.05, 0.1) is 24.2 Å². The fourth-order valence-electron chi connectivity index (χ4n) is 5.96. The zero-order valence-corrected chi connectivity index (χ0v) is 20.1. The molecule has 3 unspecified atom stereocenters. The van der Waals surface area contributed by atoms with Crippen LogP contribution in [0.25, 0.3) is 0 Å². The lowest BCUT2D eigenvalue weighted by Gasteiger charge is -2.59. The van der Waals surface area contributed by atoms with E-state index in [0.717, 1.165) is 6.92 Å². The summed E-state index contributed by atoms with van der Waals surface area (Å²) in [7, 11) is -6.69. The van der Waals surface area contributed by atoms with E-state index in [9.17, 15) is 53.8 Å². The summed E-state index contributed by atoms with van der Waals surface area (Å²) in [5.74, 6) is -14.7. The molecule has 0 saturated heterocycles. The van der Waals surface area contributed by atoms with Crippen LogP contribution in [0.1, 0.15) is 51.9 Å². The van der Waals surface area contributed by atoms with E-state index in [-0.39, 0.29) is 31.1 Å². The molecule has 0 aromatic carbocycles. The smallest absolute Gasteiger partial charge is 0.461 e. The van der Waals surface area contributed by atoms with E-state index in [4.69, 9.17) is 4.55 Å². The summed E-state index contributed by atoms with van der Waals surface area (Å²) < 4.78 is 140. The molecule has 214 valence electrons. The first-order valence-corrected chi connectivity index (χ1v) is 12.6. The summed E-state index contributed by atoms with van der Waals surface area (Å²) in [5, 5.41) is 4.65. The van der Waals surface area contributed by atoms with Gasteiger partial charge in [-0.2, -0.15) is 39.2 Å². The van der Waals surface area contributed by atoms with Gasteiger partial charge in [-0.15, -0.1) is 0 Å². The fraction of sp³-hybridized carbons (Fsp3) is 0.900. The van der Waals surface area contributed by atoms with Crippen molar-refractivity contribution in [2.24, 2.45) is 17.3 Å². The standard InChI is InChI=1S/C20H25F7O9S/c1-2-34-14(29)18(19(23,24)25,35-4-3-17(21,22)20(26,27)37(31,32)33)36-13(28)15-6-11-5-12(7-15)9-16(30,8-11)10-15/h11-12,30H,2-10H2,1H3,(H,31,32,33). The third-order valence-corrected chi connectivity index (χ3v) is 8.03. The first-order valence-electron chi connectivity index (χ1n) is 11.2. The molecule has 4 rings (SSSR count). The molecular weight excluding hydrogens is 549 g/mol. The van der Waals surface area contributed by atoms with Crippen molar-refractivity contribution in [3.63, 3.8) is 0 Å². The van der Waals surface area contributed by atoms with Gasteiger partial charge >= 0.3 is 45.2 Å². The van der Waals surface area contributed by atoms with Crippen LogP contribution in [0.15, 0.2) is 0 Å². The number of rotatable bonds is 10. The van der Waals surface area contributed by atoms with Gasteiger partial charge in [0, 0.05) is 6.42 Å².